The van der Waals surface area contributed by atoms with Crippen molar-refractivity contribution in [3.05, 3.63) is 0 Å². The second kappa shape index (κ2) is 5.37. The number of hydrogen-bond donors (Lipinski definition) is 2. The molecule has 5 heteroatoms. The number of nitrogens with zero attached hydrogens (tertiary/aromatic N) is 1. The lowest BCUT2D eigenvalue weighted by Crippen LogP contribution is -2.15. The lowest BCUT2D eigenvalue weighted by atomic mass is 10.5. The molecule has 0 fully saturated rings. The van der Waals surface area contributed by atoms with Gasteiger partial charge >= 0.3 is 0 Å². The van der Waals surface area contributed by atoms with Crippen LogP contribution in [0.25, 0.3) is 0 Å². The van der Waals surface area contributed by atoms with Crippen molar-refractivity contribution in [2.45, 2.75) is 13.0 Å². The highest BCUT2D eigenvalue weighted by molar-refractivity contribution is 8.13. The first-order valence-corrected chi connectivity index (χ1v) is 3.88. The lowest BCUT2D eigenvalue weighted by Gasteiger charge is -2.06. The van der Waals surface area contributed by atoms with Crippen molar-refractivity contribution in [3.63, 3.8) is 0 Å². The van der Waals surface area contributed by atoms with E-state index in [2.05, 4.69) is 5.10 Å². The number of amidine groups is 1. The van der Waals surface area contributed by atoms with Crippen molar-refractivity contribution in [2.24, 2.45) is 16.7 Å². The first kappa shape index (κ1) is 9.58. The van der Waals surface area contributed by atoms with Crippen molar-refractivity contribution < 1.29 is 4.74 Å². The van der Waals surface area contributed by atoms with Gasteiger partial charge in [-0.15, -0.1) is 0 Å². The van der Waals surface area contributed by atoms with Gasteiger partial charge in [-0.05, 0) is 6.92 Å². The molecule has 0 aromatic heterocycles. The average molecular weight is 163 g/mol. The Hall–Kier alpha value is -0.420. The molecule has 0 heterocycles. The number of thioether (sulfide) groups is 1. The summed E-state index contributed by atoms with van der Waals surface area (Å²) in [5, 5.41) is 3.69. The molecule has 0 saturated heterocycles. The molecule has 1 atom stereocenters. The second-order valence-corrected chi connectivity index (χ2v) is 2.86. The minimum absolute atomic E-state index is 0.185. The maximum atomic E-state index is 5.31. The van der Waals surface area contributed by atoms with Crippen molar-refractivity contribution >= 4 is 16.9 Å². The van der Waals surface area contributed by atoms with Gasteiger partial charge in [0, 0.05) is 12.9 Å². The van der Waals surface area contributed by atoms with E-state index in [4.69, 9.17) is 16.3 Å². The Morgan fingerprint density at radius 2 is 2.40 bits per heavy atom. The van der Waals surface area contributed by atoms with E-state index in [1.54, 1.807) is 7.11 Å². The van der Waals surface area contributed by atoms with E-state index in [-0.39, 0.29) is 6.10 Å². The van der Waals surface area contributed by atoms with E-state index < -0.39 is 0 Å². The van der Waals surface area contributed by atoms with Crippen LogP contribution in [0.15, 0.2) is 5.10 Å². The zero-order valence-corrected chi connectivity index (χ0v) is 7.02. The molecule has 0 saturated carbocycles. The monoisotopic (exact) mass is 163 g/mol. The molecule has 10 heavy (non-hydrogen) atoms. The third-order valence-electron chi connectivity index (χ3n) is 0.996. The minimum atomic E-state index is 0.185. The third-order valence-corrected chi connectivity index (χ3v) is 2.03. The molecule has 0 aromatic rings. The van der Waals surface area contributed by atoms with Crippen LogP contribution in [0, 0.1) is 0 Å². The van der Waals surface area contributed by atoms with Gasteiger partial charge in [-0.1, -0.05) is 11.8 Å². The van der Waals surface area contributed by atoms with Crippen LogP contribution < -0.4 is 11.6 Å². The molecule has 0 radical (unpaired) electrons. The highest BCUT2D eigenvalue weighted by Gasteiger charge is 2.00. The topological polar surface area (TPSA) is 73.6 Å². The molecular formula is C5H13N3OS. The molecule has 0 aromatic carbocycles. The van der Waals surface area contributed by atoms with Crippen molar-refractivity contribution in [3.8, 4) is 0 Å². The number of rotatable bonds is 3. The largest absolute Gasteiger partial charge is 0.381 e. The number of hydrogen-bond acceptors (Lipinski definition) is 4. The summed E-state index contributed by atoms with van der Waals surface area (Å²) >= 11 is 1.39. The zero-order chi connectivity index (χ0) is 7.98. The Balaban J connectivity index is 3.35. The lowest BCUT2D eigenvalue weighted by molar-refractivity contribution is 0.138. The minimum Gasteiger partial charge on any atom is -0.381 e. The van der Waals surface area contributed by atoms with Gasteiger partial charge in [-0.25, -0.2) is 0 Å². The number of nitrogens with two attached hydrogens (primary N) is 2. The Kier molecular flexibility index (Phi) is 5.15. The van der Waals surface area contributed by atoms with Gasteiger partial charge in [-0.2, -0.15) is 5.10 Å². The quantitative estimate of drug-likeness (QED) is 0.265. The fraction of sp³-hybridized carbons (Fsp3) is 0.800. The van der Waals surface area contributed by atoms with E-state index in [0.29, 0.717) is 5.17 Å². The van der Waals surface area contributed by atoms with Gasteiger partial charge in [0.2, 0.25) is 0 Å². The Morgan fingerprint density at radius 1 is 1.80 bits per heavy atom. The summed E-state index contributed by atoms with van der Waals surface area (Å²) in [6.45, 7) is 1.96. The molecule has 0 amide bonds. The molecule has 4 N–H and O–H groups in total. The van der Waals surface area contributed by atoms with Gasteiger partial charge in [0.05, 0.1) is 6.10 Å². The van der Waals surface area contributed by atoms with Crippen LogP contribution in [0.4, 0.5) is 0 Å². The van der Waals surface area contributed by atoms with Crippen LogP contribution in [0.2, 0.25) is 0 Å². The van der Waals surface area contributed by atoms with E-state index >= 15 is 0 Å². The molecule has 0 aliphatic heterocycles. The summed E-state index contributed by atoms with van der Waals surface area (Å²) in [7, 11) is 1.65. The Bertz CT molecular complexity index is 117. The Labute approximate surface area is 65.0 Å². The second-order valence-electron chi connectivity index (χ2n) is 1.82. The third kappa shape index (κ3) is 4.46. The number of ether oxygens (including phenoxy) is 1. The van der Waals surface area contributed by atoms with Crippen LogP contribution in [-0.4, -0.2) is 24.1 Å². The number of methoxy groups -OCH3 is 1. The molecule has 0 aliphatic carbocycles. The summed E-state index contributed by atoms with van der Waals surface area (Å²) in [6, 6.07) is 0. The summed E-state index contributed by atoms with van der Waals surface area (Å²) in [5.41, 5.74) is 5.31. The molecule has 0 bridgehead atoms. The van der Waals surface area contributed by atoms with Gasteiger partial charge in [0.15, 0.2) is 5.17 Å². The van der Waals surface area contributed by atoms with Crippen molar-refractivity contribution in [1.82, 2.24) is 0 Å². The van der Waals surface area contributed by atoms with Crippen molar-refractivity contribution in [1.29, 1.82) is 0 Å². The van der Waals surface area contributed by atoms with Gasteiger partial charge < -0.3 is 16.3 Å². The predicted molar refractivity (Wildman–Crippen MR) is 44.7 cm³/mol. The fourth-order valence-electron chi connectivity index (χ4n) is 0.308. The molecule has 4 nitrogen and oxygen atoms in total. The summed E-state index contributed by atoms with van der Waals surface area (Å²) in [6.07, 6.45) is 0.185. The maximum absolute atomic E-state index is 5.31. The zero-order valence-electron chi connectivity index (χ0n) is 6.20. The van der Waals surface area contributed by atoms with Crippen LogP contribution >= 0.6 is 11.8 Å². The normalized spacial score (nSPS) is 15.2. The number of hydrazone groups is 1. The van der Waals surface area contributed by atoms with Crippen LogP contribution in [0.1, 0.15) is 6.92 Å². The molecule has 60 valence electrons. The summed E-state index contributed by atoms with van der Waals surface area (Å²) in [5.74, 6) is 5.68. The highest BCUT2D eigenvalue weighted by Crippen LogP contribution is 2.03. The van der Waals surface area contributed by atoms with Crippen LogP contribution in [0.3, 0.4) is 0 Å². The molecule has 0 spiro atoms. The maximum Gasteiger partial charge on any atom is 0.177 e. The summed E-state index contributed by atoms with van der Waals surface area (Å²) in [4.78, 5) is 0. The van der Waals surface area contributed by atoms with Gasteiger partial charge in [-0.3, -0.25) is 0 Å². The molecular weight excluding hydrogens is 150 g/mol. The highest BCUT2D eigenvalue weighted by atomic mass is 32.2. The SMILES string of the molecule is COC(C)CSC(N)=NN. The average Bonchev–Trinajstić information content (AvgIpc) is 1.99. The smallest absolute Gasteiger partial charge is 0.177 e. The van der Waals surface area contributed by atoms with Crippen LogP contribution in [-0.2, 0) is 4.74 Å². The molecule has 1 unspecified atom stereocenters. The summed E-state index contributed by atoms with van der Waals surface area (Å²) < 4.78 is 4.97. The van der Waals surface area contributed by atoms with Gasteiger partial charge in [0.1, 0.15) is 0 Å². The van der Waals surface area contributed by atoms with Crippen molar-refractivity contribution in [2.75, 3.05) is 12.9 Å². The van der Waals surface area contributed by atoms with E-state index in [9.17, 15) is 0 Å². The van der Waals surface area contributed by atoms with Gasteiger partial charge in [0.25, 0.3) is 0 Å². The van der Waals surface area contributed by atoms with E-state index in [0.717, 1.165) is 5.75 Å². The fourth-order valence-corrected chi connectivity index (χ4v) is 0.924. The van der Waals surface area contributed by atoms with E-state index in [1.807, 2.05) is 6.92 Å². The molecule has 0 rings (SSSR count). The Morgan fingerprint density at radius 3 is 2.80 bits per heavy atom. The first-order chi connectivity index (χ1) is 4.70. The predicted octanol–water partition coefficient (Wildman–Crippen LogP) is -0.0571. The van der Waals surface area contributed by atoms with Crippen LogP contribution in [0.5, 0.6) is 0 Å². The standard InChI is InChI=1S/C5H13N3OS/c1-4(9-2)3-10-5(6)8-7/h4H,3,7H2,1-2H3,(H2,6,8). The van der Waals surface area contributed by atoms with E-state index in [1.165, 1.54) is 11.8 Å². The molecule has 0 aliphatic rings. The first-order valence-electron chi connectivity index (χ1n) is 2.89.